The van der Waals surface area contributed by atoms with Crippen LogP contribution in [0.3, 0.4) is 0 Å². The number of anilines is 1. The standard InChI is InChI=1S/C16H15F3N4O2/c17-16(18,19)10-3-4-11(22-21-10)20-5-6-23-14(24)12-8-1-2-9(7-8)13(12)15(23)25/h1-4,8-9,12-13H,5-7H2,(H,20,22). The Morgan fingerprint density at radius 3 is 2.24 bits per heavy atom. The quantitative estimate of drug-likeness (QED) is 0.660. The van der Waals surface area contributed by atoms with Crippen LogP contribution in [0.4, 0.5) is 19.0 Å². The summed E-state index contributed by atoms with van der Waals surface area (Å²) in [5.74, 6) is -0.301. The number of amides is 2. The lowest BCUT2D eigenvalue weighted by Gasteiger charge is -2.17. The van der Waals surface area contributed by atoms with Gasteiger partial charge in [-0.15, -0.1) is 10.2 Å². The first-order chi connectivity index (χ1) is 11.9. The molecule has 6 nitrogen and oxygen atoms in total. The van der Waals surface area contributed by atoms with Gasteiger partial charge >= 0.3 is 6.18 Å². The molecule has 1 N–H and O–H groups in total. The van der Waals surface area contributed by atoms with Crippen molar-refractivity contribution in [2.24, 2.45) is 23.7 Å². The van der Waals surface area contributed by atoms with Crippen LogP contribution in [0, 0.1) is 23.7 Å². The summed E-state index contributed by atoms with van der Waals surface area (Å²) in [5, 5.41) is 9.36. The van der Waals surface area contributed by atoms with Gasteiger partial charge in [0.1, 0.15) is 5.82 Å². The Morgan fingerprint density at radius 1 is 1.08 bits per heavy atom. The van der Waals surface area contributed by atoms with Gasteiger partial charge in [0.25, 0.3) is 0 Å². The van der Waals surface area contributed by atoms with E-state index in [2.05, 4.69) is 15.5 Å². The van der Waals surface area contributed by atoms with Crippen LogP contribution in [-0.4, -0.2) is 40.0 Å². The molecule has 9 heteroatoms. The van der Waals surface area contributed by atoms with Crippen molar-refractivity contribution in [3.8, 4) is 0 Å². The fourth-order valence-electron chi connectivity index (χ4n) is 4.06. The summed E-state index contributed by atoms with van der Waals surface area (Å²) in [4.78, 5) is 26.2. The third-order valence-electron chi connectivity index (χ3n) is 5.16. The largest absolute Gasteiger partial charge is 0.435 e. The molecule has 0 radical (unpaired) electrons. The molecule has 4 unspecified atom stereocenters. The minimum atomic E-state index is -4.54. The third-order valence-corrected chi connectivity index (χ3v) is 5.16. The van der Waals surface area contributed by atoms with E-state index in [1.54, 1.807) is 0 Å². The molecule has 2 amide bonds. The Labute approximate surface area is 141 Å². The Morgan fingerprint density at radius 2 is 1.72 bits per heavy atom. The summed E-state index contributed by atoms with van der Waals surface area (Å²) in [6, 6.07) is 2.00. The summed E-state index contributed by atoms with van der Waals surface area (Å²) < 4.78 is 37.3. The first kappa shape index (κ1) is 16.0. The highest BCUT2D eigenvalue weighted by atomic mass is 19.4. The van der Waals surface area contributed by atoms with Gasteiger partial charge in [-0.05, 0) is 30.4 Å². The fourth-order valence-corrected chi connectivity index (χ4v) is 4.06. The summed E-state index contributed by atoms with van der Waals surface area (Å²) in [7, 11) is 0. The molecule has 2 heterocycles. The lowest BCUT2D eigenvalue weighted by molar-refractivity contribution is -0.142. The van der Waals surface area contributed by atoms with Crippen molar-refractivity contribution in [3.05, 3.63) is 30.0 Å². The highest BCUT2D eigenvalue weighted by molar-refractivity contribution is 6.06. The number of nitrogens with zero attached hydrogens (tertiary/aromatic N) is 3. The van der Waals surface area contributed by atoms with Gasteiger partial charge in [-0.1, -0.05) is 12.2 Å². The second kappa shape index (κ2) is 5.53. The van der Waals surface area contributed by atoms with Gasteiger partial charge in [-0.3, -0.25) is 14.5 Å². The topological polar surface area (TPSA) is 75.2 Å². The maximum Gasteiger partial charge on any atom is 0.435 e. The van der Waals surface area contributed by atoms with Crippen LogP contribution < -0.4 is 5.32 Å². The van der Waals surface area contributed by atoms with E-state index in [1.165, 1.54) is 11.0 Å². The molecular weight excluding hydrogens is 337 g/mol. The van der Waals surface area contributed by atoms with Gasteiger partial charge in [0.05, 0.1) is 11.8 Å². The molecular formula is C16H15F3N4O2. The van der Waals surface area contributed by atoms with Gasteiger partial charge in [0.2, 0.25) is 11.8 Å². The van der Waals surface area contributed by atoms with Crippen LogP contribution >= 0.6 is 0 Å². The average Bonchev–Trinajstić information content (AvgIpc) is 3.24. The van der Waals surface area contributed by atoms with E-state index in [9.17, 15) is 22.8 Å². The van der Waals surface area contributed by atoms with E-state index in [1.807, 2.05) is 12.2 Å². The van der Waals surface area contributed by atoms with Crippen LogP contribution in [0.15, 0.2) is 24.3 Å². The number of likely N-dealkylation sites (tertiary alicyclic amines) is 1. The lowest BCUT2D eigenvalue weighted by Crippen LogP contribution is -2.36. The number of hydrogen-bond acceptors (Lipinski definition) is 5. The molecule has 1 aromatic rings. The number of allylic oxidation sites excluding steroid dienone is 2. The van der Waals surface area contributed by atoms with Crippen LogP contribution in [0.5, 0.6) is 0 Å². The van der Waals surface area contributed by atoms with Crippen LogP contribution in [0.25, 0.3) is 0 Å². The van der Waals surface area contributed by atoms with Crippen LogP contribution in [0.1, 0.15) is 12.1 Å². The Hall–Kier alpha value is -2.45. The van der Waals surface area contributed by atoms with Gasteiger partial charge in [-0.25, -0.2) is 0 Å². The second-order valence-electron chi connectivity index (χ2n) is 6.56. The maximum atomic E-state index is 12.5. The van der Waals surface area contributed by atoms with Crippen molar-refractivity contribution in [2.45, 2.75) is 12.6 Å². The van der Waals surface area contributed by atoms with Gasteiger partial charge < -0.3 is 5.32 Å². The van der Waals surface area contributed by atoms with Crippen molar-refractivity contribution in [3.63, 3.8) is 0 Å². The van der Waals surface area contributed by atoms with Gasteiger partial charge in [0, 0.05) is 13.1 Å². The first-order valence-corrected chi connectivity index (χ1v) is 8.04. The fraction of sp³-hybridized carbons (Fsp3) is 0.500. The molecule has 1 aliphatic heterocycles. The van der Waals surface area contributed by atoms with E-state index in [-0.39, 0.29) is 54.4 Å². The minimum absolute atomic E-state index is 0.146. The van der Waals surface area contributed by atoms with Crippen LogP contribution in [0.2, 0.25) is 0 Å². The van der Waals surface area contributed by atoms with E-state index < -0.39 is 11.9 Å². The maximum absolute atomic E-state index is 12.5. The van der Waals surface area contributed by atoms with Crippen molar-refractivity contribution in [1.82, 2.24) is 15.1 Å². The van der Waals surface area contributed by atoms with Crippen molar-refractivity contribution in [1.29, 1.82) is 0 Å². The molecule has 2 aliphatic carbocycles. The van der Waals surface area contributed by atoms with E-state index in [0.29, 0.717) is 0 Å². The lowest BCUT2D eigenvalue weighted by atomic mass is 9.85. The van der Waals surface area contributed by atoms with Crippen molar-refractivity contribution >= 4 is 17.6 Å². The number of aromatic nitrogens is 2. The summed E-state index contributed by atoms with van der Waals surface area (Å²) >= 11 is 0. The molecule has 132 valence electrons. The normalized spacial score (nSPS) is 30.3. The Bertz CT molecular complexity index is 717. The number of fused-ring (bicyclic) bond motifs is 5. The number of carbonyl (C=O) groups is 2. The Balaban J connectivity index is 1.35. The number of rotatable bonds is 4. The summed E-state index contributed by atoms with van der Waals surface area (Å²) in [6.07, 6.45) is 0.387. The smallest absolute Gasteiger partial charge is 0.367 e. The van der Waals surface area contributed by atoms with E-state index in [4.69, 9.17) is 0 Å². The third kappa shape index (κ3) is 2.58. The molecule has 0 spiro atoms. The zero-order valence-electron chi connectivity index (χ0n) is 13.0. The number of halogens is 3. The Kier molecular flexibility index (Phi) is 3.55. The average molecular weight is 352 g/mol. The molecule has 2 fully saturated rings. The number of alkyl halides is 3. The molecule has 1 aromatic heterocycles. The van der Waals surface area contributed by atoms with E-state index >= 15 is 0 Å². The van der Waals surface area contributed by atoms with E-state index in [0.717, 1.165) is 12.5 Å². The second-order valence-corrected chi connectivity index (χ2v) is 6.56. The molecule has 2 bridgehead atoms. The predicted molar refractivity (Wildman–Crippen MR) is 80.0 cm³/mol. The van der Waals surface area contributed by atoms with Crippen LogP contribution in [-0.2, 0) is 15.8 Å². The molecule has 4 atom stereocenters. The SMILES string of the molecule is O=C1C2C3C=CC(C3)C2C(=O)N1CCNc1ccc(C(F)(F)F)nn1. The molecule has 0 aromatic carbocycles. The minimum Gasteiger partial charge on any atom is -0.367 e. The molecule has 1 saturated heterocycles. The van der Waals surface area contributed by atoms with Crippen molar-refractivity contribution in [2.75, 3.05) is 18.4 Å². The first-order valence-electron chi connectivity index (χ1n) is 8.04. The zero-order valence-corrected chi connectivity index (χ0v) is 13.0. The van der Waals surface area contributed by atoms with Gasteiger partial charge in [-0.2, -0.15) is 13.2 Å². The monoisotopic (exact) mass is 352 g/mol. The molecule has 1 saturated carbocycles. The highest BCUT2D eigenvalue weighted by Gasteiger charge is 2.58. The predicted octanol–water partition coefficient (Wildman–Crippen LogP) is 1.71. The summed E-state index contributed by atoms with van der Waals surface area (Å²) in [5.41, 5.74) is -1.07. The van der Waals surface area contributed by atoms with Crippen molar-refractivity contribution < 1.29 is 22.8 Å². The number of imide groups is 1. The molecule has 25 heavy (non-hydrogen) atoms. The number of carbonyl (C=O) groups excluding carboxylic acids is 2. The summed E-state index contributed by atoms with van der Waals surface area (Å²) in [6.45, 7) is 0.368. The molecule has 3 aliphatic rings. The number of hydrogen-bond donors (Lipinski definition) is 1. The molecule has 4 rings (SSSR count). The van der Waals surface area contributed by atoms with Gasteiger partial charge in [0.15, 0.2) is 5.69 Å². The zero-order chi connectivity index (χ0) is 17.8. The number of nitrogens with one attached hydrogen (secondary N) is 1. The highest BCUT2D eigenvalue weighted by Crippen LogP contribution is 2.52.